The van der Waals surface area contributed by atoms with E-state index in [1.54, 1.807) is 0 Å². The van der Waals surface area contributed by atoms with Crippen molar-refractivity contribution in [3.8, 4) is 0 Å². The molecule has 1 amide bonds. The van der Waals surface area contributed by atoms with E-state index in [4.69, 9.17) is 16.2 Å². The number of nitrogens with zero attached hydrogens (tertiary/aromatic N) is 1. The van der Waals surface area contributed by atoms with E-state index >= 15 is 0 Å². The van der Waals surface area contributed by atoms with E-state index in [-0.39, 0.29) is 30.3 Å². The van der Waals surface area contributed by atoms with Gasteiger partial charge in [0.15, 0.2) is 0 Å². The van der Waals surface area contributed by atoms with Crippen LogP contribution in [0.5, 0.6) is 0 Å². The number of aliphatic hydroxyl groups is 1. The lowest BCUT2D eigenvalue weighted by Crippen LogP contribution is -2.46. The van der Waals surface area contributed by atoms with E-state index in [2.05, 4.69) is 0 Å². The van der Waals surface area contributed by atoms with Crippen LogP contribution >= 0.6 is 0 Å². The highest BCUT2D eigenvalue weighted by Gasteiger charge is 2.32. The van der Waals surface area contributed by atoms with Crippen molar-refractivity contribution < 1.29 is 23.1 Å². The maximum absolute atomic E-state index is 13.2. The van der Waals surface area contributed by atoms with Gasteiger partial charge in [0.1, 0.15) is 12.2 Å². The first-order valence-electron chi connectivity index (χ1n) is 9.63. The van der Waals surface area contributed by atoms with Gasteiger partial charge in [-0.3, -0.25) is 0 Å². The molecule has 0 saturated carbocycles. The van der Waals surface area contributed by atoms with Gasteiger partial charge in [-0.05, 0) is 35.7 Å². The number of primary amides is 1. The molecule has 0 aliphatic carbocycles. The topological polar surface area (TPSA) is 136 Å². The Bertz CT molecular complexity index is 917. The molecule has 0 fully saturated rings. The lowest BCUT2D eigenvalue weighted by molar-refractivity contribution is -0.00189. The second-order valence-electron chi connectivity index (χ2n) is 7.52. The summed E-state index contributed by atoms with van der Waals surface area (Å²) < 4.78 is 32.6. The van der Waals surface area contributed by atoms with E-state index in [1.165, 1.54) is 28.6 Å². The van der Waals surface area contributed by atoms with Crippen LogP contribution in [0.2, 0.25) is 0 Å². The monoisotopic (exact) mass is 435 g/mol. The zero-order valence-electron chi connectivity index (χ0n) is 17.1. The van der Waals surface area contributed by atoms with Crippen molar-refractivity contribution in [3.63, 3.8) is 0 Å². The van der Waals surface area contributed by atoms with Crippen LogP contribution in [0.3, 0.4) is 0 Å². The molecule has 2 atom stereocenters. The number of ether oxygens (including phenoxy) is 1. The van der Waals surface area contributed by atoms with E-state index < -0.39 is 28.3 Å². The minimum atomic E-state index is -3.90. The van der Waals surface area contributed by atoms with Gasteiger partial charge >= 0.3 is 6.09 Å². The normalized spacial score (nSPS) is 13.9. The Morgan fingerprint density at radius 3 is 2.20 bits per heavy atom. The van der Waals surface area contributed by atoms with Crippen molar-refractivity contribution in [2.75, 3.05) is 18.8 Å². The number of hydrogen-bond acceptors (Lipinski definition) is 6. The molecule has 0 aliphatic heterocycles. The Morgan fingerprint density at radius 1 is 1.07 bits per heavy atom. The number of benzene rings is 2. The molecule has 164 valence electrons. The van der Waals surface area contributed by atoms with Gasteiger partial charge in [0.2, 0.25) is 10.0 Å². The summed E-state index contributed by atoms with van der Waals surface area (Å²) >= 11 is 0. The number of aliphatic hydroxyl groups excluding tert-OH is 1. The molecule has 0 heterocycles. The maximum Gasteiger partial charge on any atom is 0.404 e. The van der Waals surface area contributed by atoms with Crippen molar-refractivity contribution in [2.45, 2.75) is 37.4 Å². The summed E-state index contributed by atoms with van der Waals surface area (Å²) in [5.41, 5.74) is 12.1. The second kappa shape index (κ2) is 10.4. The van der Waals surface area contributed by atoms with Gasteiger partial charge in [-0.15, -0.1) is 0 Å². The zero-order valence-corrected chi connectivity index (χ0v) is 18.0. The molecule has 0 aromatic heterocycles. The largest absolute Gasteiger partial charge is 0.443 e. The van der Waals surface area contributed by atoms with E-state index in [1.807, 2.05) is 44.2 Å². The van der Waals surface area contributed by atoms with Crippen molar-refractivity contribution in [2.24, 2.45) is 11.7 Å². The summed E-state index contributed by atoms with van der Waals surface area (Å²) in [7, 11) is -3.90. The lowest BCUT2D eigenvalue weighted by Gasteiger charge is -2.29. The van der Waals surface area contributed by atoms with E-state index in [0.717, 1.165) is 5.56 Å². The minimum Gasteiger partial charge on any atom is -0.443 e. The van der Waals surface area contributed by atoms with Gasteiger partial charge in [-0.25, -0.2) is 13.2 Å². The highest BCUT2D eigenvalue weighted by Crippen LogP contribution is 2.20. The molecule has 0 aliphatic rings. The number of anilines is 1. The number of sulfonamides is 1. The first kappa shape index (κ1) is 23.7. The Hall–Kier alpha value is -2.62. The number of amides is 1. The molecule has 0 unspecified atom stereocenters. The Morgan fingerprint density at radius 2 is 1.67 bits per heavy atom. The first-order chi connectivity index (χ1) is 14.1. The number of nitrogen functional groups attached to an aromatic ring is 1. The predicted molar refractivity (Wildman–Crippen MR) is 115 cm³/mol. The van der Waals surface area contributed by atoms with Crippen LogP contribution in [-0.4, -0.2) is 49.2 Å². The third-order valence-electron chi connectivity index (χ3n) is 4.45. The summed E-state index contributed by atoms with van der Waals surface area (Å²) in [6, 6.07) is 15.0. The van der Waals surface area contributed by atoms with Crippen LogP contribution in [0.25, 0.3) is 0 Å². The number of hydrogen-bond donors (Lipinski definition) is 3. The summed E-state index contributed by atoms with van der Waals surface area (Å²) in [6.45, 7) is 3.67. The number of rotatable bonds is 10. The van der Waals surface area contributed by atoms with Gasteiger partial charge < -0.3 is 21.3 Å². The molecule has 0 spiro atoms. The second-order valence-corrected chi connectivity index (χ2v) is 9.46. The fourth-order valence-corrected chi connectivity index (χ4v) is 4.67. The van der Waals surface area contributed by atoms with Gasteiger partial charge in [-0.2, -0.15) is 4.31 Å². The van der Waals surface area contributed by atoms with Crippen LogP contribution in [0.4, 0.5) is 10.5 Å². The molecule has 30 heavy (non-hydrogen) atoms. The maximum atomic E-state index is 13.2. The van der Waals surface area contributed by atoms with E-state index in [0.29, 0.717) is 5.69 Å². The van der Waals surface area contributed by atoms with Gasteiger partial charge in [0.05, 0.1) is 4.90 Å². The molecule has 2 rings (SSSR count). The molecule has 2 aromatic carbocycles. The van der Waals surface area contributed by atoms with Crippen molar-refractivity contribution in [1.29, 1.82) is 0 Å². The first-order valence-corrected chi connectivity index (χ1v) is 11.1. The highest BCUT2D eigenvalue weighted by atomic mass is 32.2. The summed E-state index contributed by atoms with van der Waals surface area (Å²) in [5.74, 6) is 0.00499. The number of nitrogens with two attached hydrogens (primary N) is 2. The SMILES string of the molecule is CC(C)CN(C[C@@H](O)[C@H](Cc1ccccc1)OC(N)=O)S(=O)(=O)c1ccc(N)cc1. The molecule has 5 N–H and O–H groups in total. The zero-order chi connectivity index (χ0) is 22.3. The smallest absolute Gasteiger partial charge is 0.404 e. The van der Waals surface area contributed by atoms with Gasteiger partial charge in [0.25, 0.3) is 0 Å². The third kappa shape index (κ3) is 6.72. The average Bonchev–Trinajstić information content (AvgIpc) is 2.67. The third-order valence-corrected chi connectivity index (χ3v) is 6.30. The molecular weight excluding hydrogens is 406 g/mol. The Labute approximate surface area is 177 Å². The van der Waals surface area contributed by atoms with Gasteiger partial charge in [-0.1, -0.05) is 44.2 Å². The van der Waals surface area contributed by atoms with Crippen molar-refractivity contribution >= 4 is 21.8 Å². The molecule has 2 aromatic rings. The number of carbonyl (C=O) groups is 1. The molecule has 8 nitrogen and oxygen atoms in total. The highest BCUT2D eigenvalue weighted by molar-refractivity contribution is 7.89. The fourth-order valence-electron chi connectivity index (χ4n) is 3.04. The van der Waals surface area contributed by atoms with Crippen molar-refractivity contribution in [1.82, 2.24) is 4.31 Å². The standard InChI is InChI=1S/C21H29N3O5S/c1-15(2)13-24(30(27,28)18-10-8-17(22)9-11-18)14-19(25)20(29-21(23)26)12-16-6-4-3-5-7-16/h3-11,15,19-20,25H,12-14,22H2,1-2H3,(H2,23,26)/t19-,20+/m1/s1. The quantitative estimate of drug-likeness (QED) is 0.488. The fraction of sp³-hybridized carbons (Fsp3) is 0.381. The van der Waals surface area contributed by atoms with Crippen LogP contribution in [0.1, 0.15) is 19.4 Å². The molecular formula is C21H29N3O5S. The van der Waals surface area contributed by atoms with Crippen LogP contribution in [0.15, 0.2) is 59.5 Å². The van der Waals surface area contributed by atoms with Crippen LogP contribution in [-0.2, 0) is 21.2 Å². The van der Waals surface area contributed by atoms with Crippen molar-refractivity contribution in [3.05, 3.63) is 60.2 Å². The van der Waals surface area contributed by atoms with Crippen LogP contribution < -0.4 is 11.5 Å². The lowest BCUT2D eigenvalue weighted by atomic mass is 10.0. The average molecular weight is 436 g/mol. The summed E-state index contributed by atoms with van der Waals surface area (Å²) in [5, 5.41) is 10.8. The van der Waals surface area contributed by atoms with Crippen LogP contribution in [0, 0.1) is 5.92 Å². The summed E-state index contributed by atoms with van der Waals surface area (Å²) in [4.78, 5) is 11.4. The molecule has 0 bridgehead atoms. The Kier molecular flexibility index (Phi) is 8.22. The molecule has 9 heteroatoms. The Balaban J connectivity index is 2.27. The number of carbonyl (C=O) groups excluding carboxylic acids is 1. The van der Waals surface area contributed by atoms with E-state index in [9.17, 15) is 18.3 Å². The summed E-state index contributed by atoms with van der Waals surface area (Å²) in [6.07, 6.45) is -3.12. The van der Waals surface area contributed by atoms with Gasteiger partial charge in [0, 0.05) is 25.2 Å². The molecule has 0 radical (unpaired) electrons. The minimum absolute atomic E-state index is 0.00499. The molecule has 0 saturated heterocycles. The predicted octanol–water partition coefficient (Wildman–Crippen LogP) is 1.98.